The van der Waals surface area contributed by atoms with Gasteiger partial charge in [-0.1, -0.05) is 18.2 Å². The Morgan fingerprint density at radius 3 is 2.71 bits per heavy atom. The Hall–Kier alpha value is -2.67. The third kappa shape index (κ3) is 4.59. The van der Waals surface area contributed by atoms with Gasteiger partial charge in [-0.25, -0.2) is 4.98 Å². The van der Waals surface area contributed by atoms with Gasteiger partial charge in [-0.3, -0.25) is 9.59 Å². The second-order valence-electron chi connectivity index (χ2n) is 7.52. The van der Waals surface area contributed by atoms with Gasteiger partial charge in [0.2, 0.25) is 0 Å². The van der Waals surface area contributed by atoms with Crippen LogP contribution < -0.4 is 10.6 Å². The number of hydrogen-bond acceptors (Lipinski definition) is 4. The van der Waals surface area contributed by atoms with Crippen LogP contribution in [0.2, 0.25) is 0 Å². The molecule has 0 unspecified atom stereocenters. The van der Waals surface area contributed by atoms with Gasteiger partial charge in [0.25, 0.3) is 11.8 Å². The molecular weight excluding hydrogens is 354 g/mol. The number of anilines is 1. The van der Waals surface area contributed by atoms with Crippen LogP contribution in [0.3, 0.4) is 0 Å². The van der Waals surface area contributed by atoms with Crippen LogP contribution in [0.25, 0.3) is 0 Å². The lowest BCUT2D eigenvalue weighted by Crippen LogP contribution is -2.28. The number of nitrogens with zero attached hydrogens (tertiary/aromatic N) is 3. The lowest BCUT2D eigenvalue weighted by atomic mass is 10.1. The Balaban J connectivity index is 1.78. The summed E-state index contributed by atoms with van der Waals surface area (Å²) in [6, 6.07) is 7.63. The molecule has 7 heteroatoms. The number of carbonyl (C=O) groups excluding carboxylic acids is 2. The van der Waals surface area contributed by atoms with Crippen molar-refractivity contribution in [2.45, 2.75) is 39.2 Å². The number of aryl methyl sites for hydroxylation is 1. The highest BCUT2D eigenvalue weighted by Gasteiger charge is 2.27. The number of carbonyl (C=O) groups is 2. The minimum atomic E-state index is -0.274. The molecule has 0 fully saturated rings. The molecule has 0 saturated carbocycles. The number of imidazole rings is 1. The number of rotatable bonds is 7. The zero-order valence-corrected chi connectivity index (χ0v) is 16.9. The number of amides is 2. The van der Waals surface area contributed by atoms with E-state index in [4.69, 9.17) is 0 Å². The highest BCUT2D eigenvalue weighted by atomic mass is 16.2. The summed E-state index contributed by atoms with van der Waals surface area (Å²) < 4.78 is 1.91. The van der Waals surface area contributed by atoms with Gasteiger partial charge in [-0.15, -0.1) is 0 Å². The highest BCUT2D eigenvalue weighted by molar-refractivity contribution is 6.04. The van der Waals surface area contributed by atoms with Crippen molar-refractivity contribution < 1.29 is 9.59 Å². The molecule has 1 aromatic carbocycles. The summed E-state index contributed by atoms with van der Waals surface area (Å²) >= 11 is 0. The molecular formula is C21H29N5O2. The predicted molar refractivity (Wildman–Crippen MR) is 110 cm³/mol. The fourth-order valence-electron chi connectivity index (χ4n) is 3.47. The first-order valence-electron chi connectivity index (χ1n) is 9.86. The first-order valence-corrected chi connectivity index (χ1v) is 9.86. The number of benzene rings is 1. The number of nitrogens with one attached hydrogen (secondary N) is 2. The summed E-state index contributed by atoms with van der Waals surface area (Å²) in [6.45, 7) is 4.16. The Morgan fingerprint density at radius 1 is 1.18 bits per heavy atom. The van der Waals surface area contributed by atoms with Crippen molar-refractivity contribution in [2.24, 2.45) is 0 Å². The van der Waals surface area contributed by atoms with E-state index >= 15 is 0 Å². The van der Waals surface area contributed by atoms with E-state index in [2.05, 4.69) is 20.5 Å². The average molecular weight is 383 g/mol. The molecule has 2 N–H and O–H groups in total. The van der Waals surface area contributed by atoms with Gasteiger partial charge in [0.05, 0.1) is 5.69 Å². The maximum Gasteiger partial charge on any atom is 0.291 e. The molecule has 0 atom stereocenters. The Kier molecular flexibility index (Phi) is 6.46. The normalized spacial score (nSPS) is 13.3. The van der Waals surface area contributed by atoms with E-state index in [1.165, 1.54) is 0 Å². The largest absolute Gasteiger partial charge is 0.351 e. The van der Waals surface area contributed by atoms with Crippen molar-refractivity contribution in [2.75, 3.05) is 32.5 Å². The molecule has 7 nitrogen and oxygen atoms in total. The molecule has 28 heavy (non-hydrogen) atoms. The maximum atomic E-state index is 12.9. The van der Waals surface area contributed by atoms with Crippen molar-refractivity contribution in [3.63, 3.8) is 0 Å². The van der Waals surface area contributed by atoms with E-state index in [9.17, 15) is 9.59 Å². The molecule has 2 amide bonds. The first-order chi connectivity index (χ1) is 13.5. The minimum absolute atomic E-state index is 0.195. The number of fused-ring (bicyclic) bond motifs is 1. The van der Waals surface area contributed by atoms with E-state index in [1.807, 2.05) is 49.9 Å². The standard InChI is InChI=1S/C21H29N5O2/c1-15-9-4-5-10-16(15)23-21(28)19-24-18(17-11-6-7-14-26(17)19)20(27)22-12-8-13-25(2)3/h4-5,9-10H,6-8,11-14H2,1-3H3,(H,22,27)(H,23,28). The molecule has 3 rings (SSSR count). The molecule has 1 aliphatic rings. The number of para-hydroxylation sites is 1. The lowest BCUT2D eigenvalue weighted by Gasteiger charge is -2.17. The number of aromatic nitrogens is 2. The Morgan fingerprint density at radius 2 is 1.96 bits per heavy atom. The summed E-state index contributed by atoms with van der Waals surface area (Å²) in [7, 11) is 4.01. The van der Waals surface area contributed by atoms with E-state index in [-0.39, 0.29) is 11.8 Å². The molecule has 0 bridgehead atoms. The molecule has 1 aliphatic heterocycles. The minimum Gasteiger partial charge on any atom is -0.351 e. The van der Waals surface area contributed by atoms with Crippen molar-refractivity contribution in [3.8, 4) is 0 Å². The van der Waals surface area contributed by atoms with Crippen LogP contribution in [0, 0.1) is 6.92 Å². The maximum absolute atomic E-state index is 12.9. The second-order valence-corrected chi connectivity index (χ2v) is 7.52. The lowest BCUT2D eigenvalue weighted by molar-refractivity contribution is 0.0946. The number of hydrogen-bond donors (Lipinski definition) is 2. The molecule has 150 valence electrons. The van der Waals surface area contributed by atoms with Crippen molar-refractivity contribution in [3.05, 3.63) is 47.0 Å². The van der Waals surface area contributed by atoms with Gasteiger partial charge in [0.15, 0.2) is 5.82 Å². The van der Waals surface area contributed by atoms with Gasteiger partial charge in [0, 0.05) is 18.8 Å². The first kappa shape index (κ1) is 20.1. The summed E-state index contributed by atoms with van der Waals surface area (Å²) in [6.07, 6.45) is 3.63. The molecule has 0 spiro atoms. The third-order valence-corrected chi connectivity index (χ3v) is 5.00. The van der Waals surface area contributed by atoms with Crippen molar-refractivity contribution in [1.29, 1.82) is 0 Å². The topological polar surface area (TPSA) is 79.3 Å². The van der Waals surface area contributed by atoms with Crippen molar-refractivity contribution in [1.82, 2.24) is 19.8 Å². The smallest absolute Gasteiger partial charge is 0.291 e. The van der Waals surface area contributed by atoms with E-state index in [1.54, 1.807) is 0 Å². The van der Waals surface area contributed by atoms with Gasteiger partial charge in [-0.2, -0.15) is 0 Å². The summed E-state index contributed by atoms with van der Waals surface area (Å²) in [4.78, 5) is 32.1. The van der Waals surface area contributed by atoms with Crippen LogP contribution in [0.1, 0.15) is 51.6 Å². The van der Waals surface area contributed by atoms with Crippen LogP contribution >= 0.6 is 0 Å². The zero-order valence-electron chi connectivity index (χ0n) is 16.9. The average Bonchev–Trinajstić information content (AvgIpc) is 3.07. The summed E-state index contributed by atoms with van der Waals surface area (Å²) in [5, 5.41) is 5.88. The third-order valence-electron chi connectivity index (χ3n) is 5.00. The van der Waals surface area contributed by atoms with Crippen LogP contribution in [-0.2, 0) is 13.0 Å². The monoisotopic (exact) mass is 383 g/mol. The Labute approximate surface area is 166 Å². The predicted octanol–water partition coefficient (Wildman–Crippen LogP) is 2.46. The zero-order chi connectivity index (χ0) is 20.1. The molecule has 2 aromatic rings. The van der Waals surface area contributed by atoms with E-state index in [0.717, 1.165) is 49.2 Å². The van der Waals surface area contributed by atoms with Gasteiger partial charge < -0.3 is 20.1 Å². The van der Waals surface area contributed by atoms with Crippen LogP contribution in [0.15, 0.2) is 24.3 Å². The van der Waals surface area contributed by atoms with Gasteiger partial charge >= 0.3 is 0 Å². The van der Waals surface area contributed by atoms with Gasteiger partial charge in [0.1, 0.15) is 5.69 Å². The highest BCUT2D eigenvalue weighted by Crippen LogP contribution is 2.22. The van der Waals surface area contributed by atoms with Crippen LogP contribution in [-0.4, -0.2) is 53.5 Å². The quantitative estimate of drug-likeness (QED) is 0.720. The molecule has 0 radical (unpaired) electrons. The van der Waals surface area contributed by atoms with Crippen molar-refractivity contribution >= 4 is 17.5 Å². The SMILES string of the molecule is Cc1ccccc1NC(=O)c1nc(C(=O)NCCCN(C)C)c2n1CCCC2. The molecule has 0 saturated heterocycles. The summed E-state index contributed by atoms with van der Waals surface area (Å²) in [5.41, 5.74) is 3.00. The fourth-order valence-corrected chi connectivity index (χ4v) is 3.47. The Bertz CT molecular complexity index is 856. The molecule has 1 aromatic heterocycles. The fraction of sp³-hybridized carbons (Fsp3) is 0.476. The van der Waals surface area contributed by atoms with Crippen LogP contribution in [0.4, 0.5) is 5.69 Å². The molecule has 0 aliphatic carbocycles. The van der Waals surface area contributed by atoms with E-state index < -0.39 is 0 Å². The second kappa shape index (κ2) is 9.01. The summed E-state index contributed by atoms with van der Waals surface area (Å²) in [5.74, 6) is -0.153. The molecule has 2 heterocycles. The van der Waals surface area contributed by atoms with Crippen LogP contribution in [0.5, 0.6) is 0 Å². The van der Waals surface area contributed by atoms with Gasteiger partial charge in [-0.05, 0) is 64.9 Å². The van der Waals surface area contributed by atoms with E-state index in [0.29, 0.717) is 24.6 Å².